The SMILES string of the molecule is Cc1cccc(C(=O)N(C)CCOc2ccc(F)cc2)n1. The van der Waals surface area contributed by atoms with Gasteiger partial charge in [0.1, 0.15) is 23.9 Å². The number of amides is 1. The number of carbonyl (C=O) groups is 1. The third-order valence-corrected chi connectivity index (χ3v) is 2.96. The molecule has 1 aromatic heterocycles. The number of hydrogen-bond donors (Lipinski definition) is 0. The molecule has 4 nitrogen and oxygen atoms in total. The second-order valence-corrected chi connectivity index (χ2v) is 4.69. The highest BCUT2D eigenvalue weighted by atomic mass is 19.1. The third-order valence-electron chi connectivity index (χ3n) is 2.96. The van der Waals surface area contributed by atoms with Crippen LogP contribution in [0.2, 0.25) is 0 Å². The second kappa shape index (κ2) is 6.83. The Morgan fingerprint density at radius 2 is 1.95 bits per heavy atom. The number of hydrogen-bond acceptors (Lipinski definition) is 3. The number of aryl methyl sites for hydroxylation is 1. The first-order chi connectivity index (χ1) is 10.1. The molecule has 2 rings (SSSR count). The smallest absolute Gasteiger partial charge is 0.272 e. The summed E-state index contributed by atoms with van der Waals surface area (Å²) >= 11 is 0. The Labute approximate surface area is 123 Å². The molecule has 1 amide bonds. The van der Waals surface area contributed by atoms with Gasteiger partial charge in [-0.1, -0.05) is 6.07 Å². The van der Waals surface area contributed by atoms with Gasteiger partial charge in [-0.3, -0.25) is 4.79 Å². The number of carbonyl (C=O) groups excluding carboxylic acids is 1. The molecule has 110 valence electrons. The van der Waals surface area contributed by atoms with Crippen LogP contribution in [0.1, 0.15) is 16.2 Å². The third kappa shape index (κ3) is 4.27. The molecule has 0 bridgehead atoms. The Balaban J connectivity index is 1.85. The van der Waals surface area contributed by atoms with E-state index in [-0.39, 0.29) is 11.7 Å². The number of likely N-dealkylation sites (N-methyl/N-ethyl adjacent to an activating group) is 1. The lowest BCUT2D eigenvalue weighted by molar-refractivity contribution is 0.0768. The van der Waals surface area contributed by atoms with Crippen molar-refractivity contribution in [2.45, 2.75) is 6.92 Å². The predicted octanol–water partition coefficient (Wildman–Crippen LogP) is 2.68. The number of nitrogens with zero attached hydrogens (tertiary/aromatic N) is 2. The number of halogens is 1. The maximum absolute atomic E-state index is 12.7. The van der Waals surface area contributed by atoms with Gasteiger partial charge in [0, 0.05) is 12.7 Å². The predicted molar refractivity (Wildman–Crippen MR) is 77.8 cm³/mol. The number of ether oxygens (including phenoxy) is 1. The van der Waals surface area contributed by atoms with E-state index < -0.39 is 0 Å². The molecule has 21 heavy (non-hydrogen) atoms. The van der Waals surface area contributed by atoms with E-state index >= 15 is 0 Å². The zero-order valence-electron chi connectivity index (χ0n) is 12.0. The van der Waals surface area contributed by atoms with Crippen molar-refractivity contribution in [1.29, 1.82) is 0 Å². The molecule has 0 saturated heterocycles. The minimum atomic E-state index is -0.305. The molecule has 2 aromatic rings. The van der Waals surface area contributed by atoms with Gasteiger partial charge >= 0.3 is 0 Å². The van der Waals surface area contributed by atoms with E-state index in [0.29, 0.717) is 24.6 Å². The number of rotatable bonds is 5. The van der Waals surface area contributed by atoms with Gasteiger partial charge in [0.05, 0.1) is 6.54 Å². The normalized spacial score (nSPS) is 10.2. The summed E-state index contributed by atoms with van der Waals surface area (Å²) in [5, 5.41) is 0. The number of aromatic nitrogens is 1. The highest BCUT2D eigenvalue weighted by Crippen LogP contribution is 2.11. The second-order valence-electron chi connectivity index (χ2n) is 4.69. The summed E-state index contributed by atoms with van der Waals surface area (Å²) in [5.74, 6) is 0.118. The first-order valence-electron chi connectivity index (χ1n) is 6.64. The molecule has 0 aliphatic heterocycles. The van der Waals surface area contributed by atoms with Crippen LogP contribution in [0.5, 0.6) is 5.75 Å². The van der Waals surface area contributed by atoms with E-state index in [9.17, 15) is 9.18 Å². The molecule has 0 radical (unpaired) electrons. The monoisotopic (exact) mass is 288 g/mol. The summed E-state index contributed by atoms with van der Waals surface area (Å²) < 4.78 is 18.2. The van der Waals surface area contributed by atoms with Crippen molar-refractivity contribution in [3.05, 3.63) is 59.7 Å². The summed E-state index contributed by atoms with van der Waals surface area (Å²) in [6.07, 6.45) is 0. The average Bonchev–Trinajstić information content (AvgIpc) is 2.48. The lowest BCUT2D eigenvalue weighted by atomic mass is 10.3. The van der Waals surface area contributed by atoms with E-state index in [4.69, 9.17) is 4.74 Å². The average molecular weight is 288 g/mol. The van der Waals surface area contributed by atoms with Crippen molar-refractivity contribution in [3.8, 4) is 5.75 Å². The summed E-state index contributed by atoms with van der Waals surface area (Å²) in [5.41, 5.74) is 1.22. The van der Waals surface area contributed by atoms with Crippen LogP contribution in [-0.4, -0.2) is 36.0 Å². The van der Waals surface area contributed by atoms with Crippen LogP contribution >= 0.6 is 0 Å². The van der Waals surface area contributed by atoms with Crippen LogP contribution in [0.3, 0.4) is 0 Å². The van der Waals surface area contributed by atoms with Gasteiger partial charge < -0.3 is 9.64 Å². The topological polar surface area (TPSA) is 42.4 Å². The fourth-order valence-corrected chi connectivity index (χ4v) is 1.79. The lowest BCUT2D eigenvalue weighted by Crippen LogP contribution is -2.31. The van der Waals surface area contributed by atoms with Crippen molar-refractivity contribution in [2.75, 3.05) is 20.2 Å². The van der Waals surface area contributed by atoms with Gasteiger partial charge in [0.2, 0.25) is 0 Å². The molecule has 0 unspecified atom stereocenters. The maximum atomic E-state index is 12.7. The van der Waals surface area contributed by atoms with E-state index in [1.54, 1.807) is 36.2 Å². The van der Waals surface area contributed by atoms with Crippen molar-refractivity contribution in [2.24, 2.45) is 0 Å². The number of benzene rings is 1. The fourth-order valence-electron chi connectivity index (χ4n) is 1.79. The molecule has 1 aromatic carbocycles. The van der Waals surface area contributed by atoms with Crippen LogP contribution in [-0.2, 0) is 0 Å². The molecule has 0 aliphatic rings. The van der Waals surface area contributed by atoms with Crippen LogP contribution in [0, 0.1) is 12.7 Å². The summed E-state index contributed by atoms with van der Waals surface area (Å²) in [6, 6.07) is 11.1. The van der Waals surface area contributed by atoms with Gasteiger partial charge in [-0.15, -0.1) is 0 Å². The zero-order chi connectivity index (χ0) is 15.2. The maximum Gasteiger partial charge on any atom is 0.272 e. The molecule has 0 N–H and O–H groups in total. The van der Waals surface area contributed by atoms with Crippen molar-refractivity contribution >= 4 is 5.91 Å². The molecule has 0 aliphatic carbocycles. The van der Waals surface area contributed by atoms with Gasteiger partial charge in [-0.05, 0) is 43.3 Å². The van der Waals surface area contributed by atoms with E-state index in [2.05, 4.69) is 4.98 Å². The molecular formula is C16H17FN2O2. The van der Waals surface area contributed by atoms with E-state index in [1.165, 1.54) is 12.1 Å². The van der Waals surface area contributed by atoms with Gasteiger partial charge in [0.25, 0.3) is 5.91 Å². The lowest BCUT2D eigenvalue weighted by Gasteiger charge is -2.17. The van der Waals surface area contributed by atoms with E-state index in [0.717, 1.165) is 5.69 Å². The zero-order valence-corrected chi connectivity index (χ0v) is 12.0. The molecule has 0 spiro atoms. The van der Waals surface area contributed by atoms with Gasteiger partial charge in [0.15, 0.2) is 0 Å². The fraction of sp³-hybridized carbons (Fsp3) is 0.250. The Hall–Kier alpha value is -2.43. The van der Waals surface area contributed by atoms with Crippen LogP contribution < -0.4 is 4.74 Å². The number of pyridine rings is 1. The summed E-state index contributed by atoms with van der Waals surface area (Å²) in [4.78, 5) is 17.9. The molecule has 0 saturated carbocycles. The van der Waals surface area contributed by atoms with Gasteiger partial charge in [-0.2, -0.15) is 0 Å². The van der Waals surface area contributed by atoms with Crippen molar-refractivity contribution in [3.63, 3.8) is 0 Å². The minimum absolute atomic E-state index is 0.151. The van der Waals surface area contributed by atoms with Gasteiger partial charge in [-0.25, -0.2) is 9.37 Å². The molecular weight excluding hydrogens is 271 g/mol. The quantitative estimate of drug-likeness (QED) is 0.849. The van der Waals surface area contributed by atoms with Crippen LogP contribution in [0.4, 0.5) is 4.39 Å². The highest BCUT2D eigenvalue weighted by Gasteiger charge is 2.12. The van der Waals surface area contributed by atoms with Crippen LogP contribution in [0.15, 0.2) is 42.5 Å². The van der Waals surface area contributed by atoms with Crippen molar-refractivity contribution < 1.29 is 13.9 Å². The molecule has 0 fully saturated rings. The van der Waals surface area contributed by atoms with Crippen LogP contribution in [0.25, 0.3) is 0 Å². The first kappa shape index (κ1) is 15.0. The molecule has 0 atom stereocenters. The Bertz CT molecular complexity index is 614. The molecule has 1 heterocycles. The highest BCUT2D eigenvalue weighted by molar-refractivity contribution is 5.92. The van der Waals surface area contributed by atoms with E-state index in [1.807, 2.05) is 13.0 Å². The summed E-state index contributed by atoms with van der Waals surface area (Å²) in [6.45, 7) is 2.60. The Morgan fingerprint density at radius 3 is 2.62 bits per heavy atom. The minimum Gasteiger partial charge on any atom is -0.492 e. The molecule has 5 heteroatoms. The largest absolute Gasteiger partial charge is 0.492 e. The summed E-state index contributed by atoms with van der Waals surface area (Å²) in [7, 11) is 1.69. The Kier molecular flexibility index (Phi) is 4.87. The van der Waals surface area contributed by atoms with Crippen molar-refractivity contribution in [1.82, 2.24) is 9.88 Å². The Morgan fingerprint density at radius 1 is 1.24 bits per heavy atom. The standard InChI is InChI=1S/C16H17FN2O2/c1-12-4-3-5-15(18-12)16(20)19(2)10-11-21-14-8-6-13(17)7-9-14/h3-9H,10-11H2,1-2H3. The first-order valence-corrected chi connectivity index (χ1v) is 6.64.